The fourth-order valence-corrected chi connectivity index (χ4v) is 7.36. The molecule has 4 rings (SSSR count). The van der Waals surface area contributed by atoms with Crippen LogP contribution in [0.2, 0.25) is 0 Å². The molecule has 0 aromatic carbocycles. The van der Waals surface area contributed by atoms with Gasteiger partial charge in [0.05, 0.1) is 12.0 Å². The Hall–Kier alpha value is -2.11. The Kier molecular flexibility index (Phi) is 6.05. The third-order valence-corrected chi connectivity index (χ3v) is 8.65. The molecule has 8 atom stereocenters. The van der Waals surface area contributed by atoms with E-state index in [1.165, 1.54) is 11.1 Å². The molecule has 4 fully saturated rings. The molecule has 4 aliphatic rings. The smallest absolute Gasteiger partial charge is 0.324 e. The molecule has 3 saturated carbocycles. The van der Waals surface area contributed by atoms with Crippen molar-refractivity contribution in [2.75, 3.05) is 0 Å². The monoisotopic (exact) mass is 472 g/mol. The van der Waals surface area contributed by atoms with Gasteiger partial charge in [0.2, 0.25) is 0 Å². The number of allylic oxidation sites excluding steroid dienone is 2. The van der Waals surface area contributed by atoms with Crippen LogP contribution in [-0.2, 0) is 28.6 Å². The summed E-state index contributed by atoms with van der Waals surface area (Å²) in [6.07, 6.45) is 0.125. The predicted molar refractivity (Wildman–Crippen MR) is 127 cm³/mol. The summed E-state index contributed by atoms with van der Waals surface area (Å²) in [6, 6.07) is 0. The Morgan fingerprint density at radius 3 is 2.38 bits per heavy atom. The third kappa shape index (κ3) is 3.63. The van der Waals surface area contributed by atoms with Gasteiger partial charge in [0.25, 0.3) is 0 Å². The first-order valence-electron chi connectivity index (χ1n) is 12.7. The summed E-state index contributed by atoms with van der Waals surface area (Å²) in [4.78, 5) is 39.3. The van der Waals surface area contributed by atoms with Gasteiger partial charge in [0, 0.05) is 5.92 Å². The van der Waals surface area contributed by atoms with Gasteiger partial charge >= 0.3 is 17.9 Å². The van der Waals surface area contributed by atoms with Gasteiger partial charge in [-0.1, -0.05) is 45.4 Å². The van der Waals surface area contributed by atoms with Crippen LogP contribution in [0.3, 0.4) is 0 Å². The maximum absolute atomic E-state index is 13.5. The van der Waals surface area contributed by atoms with Crippen molar-refractivity contribution in [3.05, 3.63) is 23.3 Å². The quantitative estimate of drug-likeness (QED) is 0.248. The summed E-state index contributed by atoms with van der Waals surface area (Å²) >= 11 is 0. The predicted octanol–water partition coefficient (Wildman–Crippen LogP) is 5.01. The molecule has 4 bridgehead atoms. The summed E-state index contributed by atoms with van der Waals surface area (Å²) in [5.74, 6) is -0.912. The Labute approximate surface area is 203 Å². The Morgan fingerprint density at radius 2 is 1.82 bits per heavy atom. The molecular formula is C28H40O6. The van der Waals surface area contributed by atoms with Crippen LogP contribution in [0, 0.1) is 40.4 Å². The van der Waals surface area contributed by atoms with E-state index >= 15 is 0 Å². The van der Waals surface area contributed by atoms with E-state index in [9.17, 15) is 14.4 Å². The molecule has 0 spiro atoms. The third-order valence-electron chi connectivity index (χ3n) is 8.65. The van der Waals surface area contributed by atoms with Crippen molar-refractivity contribution in [1.29, 1.82) is 0 Å². The fourth-order valence-electron chi connectivity index (χ4n) is 7.36. The SMILES string of the molecule is C=C1CC2(C(=O)OC(C)C)C(=O)OC(C1OC(=O)C1CC3CC1C(=C(C)C)C3C(C)(C)C)C2C. The second kappa shape index (κ2) is 8.23. The average molecular weight is 473 g/mol. The van der Waals surface area contributed by atoms with E-state index in [-0.39, 0.29) is 35.7 Å². The minimum absolute atomic E-state index is 0.0784. The number of fused-ring (bicyclic) bond motifs is 4. The number of hydrogen-bond acceptors (Lipinski definition) is 6. The van der Waals surface area contributed by atoms with Gasteiger partial charge in [-0.3, -0.25) is 14.4 Å². The van der Waals surface area contributed by atoms with Gasteiger partial charge in [0.1, 0.15) is 6.10 Å². The molecule has 1 saturated heterocycles. The molecule has 0 aromatic rings. The second-order valence-electron chi connectivity index (χ2n) is 12.5. The van der Waals surface area contributed by atoms with Gasteiger partial charge < -0.3 is 14.2 Å². The molecule has 8 unspecified atom stereocenters. The van der Waals surface area contributed by atoms with Crippen molar-refractivity contribution in [2.24, 2.45) is 40.4 Å². The minimum Gasteiger partial charge on any atom is -0.462 e. The molecule has 188 valence electrons. The van der Waals surface area contributed by atoms with Gasteiger partial charge in [-0.05, 0) is 75.7 Å². The van der Waals surface area contributed by atoms with Crippen LogP contribution >= 0.6 is 0 Å². The molecule has 0 radical (unpaired) electrons. The first-order valence-corrected chi connectivity index (χ1v) is 12.7. The zero-order valence-corrected chi connectivity index (χ0v) is 21.9. The van der Waals surface area contributed by atoms with Crippen molar-refractivity contribution in [1.82, 2.24) is 0 Å². The summed E-state index contributed by atoms with van der Waals surface area (Å²) in [5, 5.41) is 0. The van der Waals surface area contributed by atoms with Gasteiger partial charge in [-0.25, -0.2) is 0 Å². The summed E-state index contributed by atoms with van der Waals surface area (Å²) in [6.45, 7) is 20.6. The lowest BCUT2D eigenvalue weighted by Crippen LogP contribution is -2.51. The lowest BCUT2D eigenvalue weighted by Gasteiger charge is -2.40. The second-order valence-corrected chi connectivity index (χ2v) is 12.5. The van der Waals surface area contributed by atoms with E-state index in [1.807, 2.05) is 0 Å². The van der Waals surface area contributed by atoms with Crippen molar-refractivity contribution in [3.8, 4) is 0 Å². The van der Waals surface area contributed by atoms with Crippen LogP contribution in [-0.4, -0.2) is 36.2 Å². The Bertz CT molecular complexity index is 948. The number of carbonyl (C=O) groups excluding carboxylic acids is 3. The summed E-state index contributed by atoms with van der Waals surface area (Å²) in [7, 11) is 0. The molecule has 6 heteroatoms. The first kappa shape index (κ1) is 25.0. The summed E-state index contributed by atoms with van der Waals surface area (Å²) < 4.78 is 17.1. The van der Waals surface area contributed by atoms with Crippen LogP contribution in [0.25, 0.3) is 0 Å². The Balaban J connectivity index is 1.53. The molecule has 6 nitrogen and oxygen atoms in total. The molecule has 0 amide bonds. The standard InChI is InChI=1S/C28H40O6/c1-13(2)20-18-10-17(21(20)27(7,8)9)11-19(18)24(29)33-22-15(5)12-28(25(30)32-14(3)4)16(6)23(22)34-26(28)31/h14,16-19,21-23H,5,10-12H2,1-4,6-9H3. The lowest BCUT2D eigenvalue weighted by molar-refractivity contribution is -0.168. The van der Waals surface area contributed by atoms with E-state index in [0.29, 0.717) is 17.4 Å². The number of rotatable bonds is 4. The number of carbonyl (C=O) groups is 3. The highest BCUT2D eigenvalue weighted by Gasteiger charge is 2.68. The van der Waals surface area contributed by atoms with Crippen molar-refractivity contribution in [2.45, 2.75) is 93.0 Å². The van der Waals surface area contributed by atoms with Crippen LogP contribution in [0.5, 0.6) is 0 Å². The zero-order valence-electron chi connectivity index (χ0n) is 21.9. The number of hydrogen-bond donors (Lipinski definition) is 0. The van der Waals surface area contributed by atoms with Crippen LogP contribution in [0.15, 0.2) is 23.3 Å². The van der Waals surface area contributed by atoms with Crippen molar-refractivity contribution in [3.63, 3.8) is 0 Å². The lowest BCUT2D eigenvalue weighted by atomic mass is 9.65. The molecule has 0 N–H and O–H groups in total. The number of ether oxygens (including phenoxy) is 3. The molecule has 0 aromatic heterocycles. The highest BCUT2D eigenvalue weighted by molar-refractivity contribution is 6.03. The topological polar surface area (TPSA) is 78.9 Å². The van der Waals surface area contributed by atoms with E-state index in [0.717, 1.165) is 12.8 Å². The molecule has 34 heavy (non-hydrogen) atoms. The van der Waals surface area contributed by atoms with Crippen LogP contribution < -0.4 is 0 Å². The summed E-state index contributed by atoms with van der Waals surface area (Å²) in [5.41, 5.74) is 2.01. The molecule has 1 aliphatic heterocycles. The highest BCUT2D eigenvalue weighted by Crippen LogP contribution is 2.61. The number of esters is 3. The minimum atomic E-state index is -1.41. The Morgan fingerprint density at radius 1 is 1.18 bits per heavy atom. The highest BCUT2D eigenvalue weighted by atomic mass is 16.6. The normalized spacial score (nSPS) is 38.9. The average Bonchev–Trinajstić information content (AvgIpc) is 3.34. The maximum atomic E-state index is 13.5. The van der Waals surface area contributed by atoms with Gasteiger partial charge in [-0.2, -0.15) is 0 Å². The van der Waals surface area contributed by atoms with E-state index in [4.69, 9.17) is 14.2 Å². The molecular weight excluding hydrogens is 432 g/mol. The van der Waals surface area contributed by atoms with Crippen LogP contribution in [0.4, 0.5) is 0 Å². The van der Waals surface area contributed by atoms with E-state index in [1.54, 1.807) is 20.8 Å². The largest absolute Gasteiger partial charge is 0.462 e. The van der Waals surface area contributed by atoms with Crippen LogP contribution in [0.1, 0.15) is 74.7 Å². The molecule has 3 aliphatic carbocycles. The molecule has 1 heterocycles. The fraction of sp³-hybridized carbons (Fsp3) is 0.750. The van der Waals surface area contributed by atoms with E-state index < -0.39 is 35.5 Å². The maximum Gasteiger partial charge on any atom is 0.324 e. The van der Waals surface area contributed by atoms with Crippen molar-refractivity contribution >= 4 is 17.9 Å². The first-order chi connectivity index (χ1) is 15.7. The van der Waals surface area contributed by atoms with Crippen molar-refractivity contribution < 1.29 is 28.6 Å². The van der Waals surface area contributed by atoms with Gasteiger partial charge in [0.15, 0.2) is 11.5 Å². The van der Waals surface area contributed by atoms with Gasteiger partial charge in [-0.15, -0.1) is 0 Å². The van der Waals surface area contributed by atoms with E-state index in [2.05, 4.69) is 41.2 Å². The zero-order chi connectivity index (χ0) is 25.3.